The fourth-order valence-corrected chi connectivity index (χ4v) is 2.21. The molecule has 0 saturated heterocycles. The number of hydrogen-bond acceptors (Lipinski definition) is 2. The number of halogens is 3. The van der Waals surface area contributed by atoms with Crippen molar-refractivity contribution in [1.29, 1.82) is 0 Å². The van der Waals surface area contributed by atoms with E-state index in [2.05, 4.69) is 5.10 Å². The van der Waals surface area contributed by atoms with E-state index >= 15 is 0 Å². The minimum atomic E-state index is -4.55. The summed E-state index contributed by atoms with van der Waals surface area (Å²) >= 11 is 0. The first kappa shape index (κ1) is 16.1. The molecule has 0 amide bonds. The number of carboxylic acids is 1. The van der Waals surface area contributed by atoms with Crippen molar-refractivity contribution < 1.29 is 23.1 Å². The lowest BCUT2D eigenvalue weighted by atomic mass is 9.92. The average molecular weight is 312 g/mol. The van der Waals surface area contributed by atoms with Gasteiger partial charge in [0.1, 0.15) is 0 Å². The minimum absolute atomic E-state index is 0.0307. The molecule has 0 fully saturated rings. The third kappa shape index (κ3) is 3.13. The third-order valence-corrected chi connectivity index (χ3v) is 3.51. The molecule has 1 unspecified atom stereocenters. The summed E-state index contributed by atoms with van der Waals surface area (Å²) < 4.78 is 38.9. The maximum atomic E-state index is 12.7. The molecule has 7 heteroatoms. The minimum Gasteiger partial charge on any atom is -0.479 e. The second-order valence-electron chi connectivity index (χ2n) is 5.42. The molecule has 0 aliphatic heterocycles. The van der Waals surface area contributed by atoms with Crippen LogP contribution in [0.3, 0.4) is 0 Å². The van der Waals surface area contributed by atoms with Crippen LogP contribution in [-0.4, -0.2) is 20.9 Å². The van der Waals surface area contributed by atoms with E-state index in [-0.39, 0.29) is 6.42 Å². The van der Waals surface area contributed by atoms with Crippen LogP contribution in [0.4, 0.5) is 13.2 Å². The molecule has 118 valence electrons. The van der Waals surface area contributed by atoms with Crippen LogP contribution in [0.15, 0.2) is 36.7 Å². The Balaban J connectivity index is 2.40. The highest BCUT2D eigenvalue weighted by Gasteiger charge is 2.39. The largest absolute Gasteiger partial charge is 0.479 e. The van der Waals surface area contributed by atoms with E-state index in [9.17, 15) is 23.1 Å². The van der Waals surface area contributed by atoms with Crippen LogP contribution in [0, 0.1) is 6.92 Å². The van der Waals surface area contributed by atoms with Crippen LogP contribution >= 0.6 is 0 Å². The van der Waals surface area contributed by atoms with Gasteiger partial charge in [0.05, 0.1) is 11.8 Å². The second-order valence-corrected chi connectivity index (χ2v) is 5.42. The van der Waals surface area contributed by atoms with Gasteiger partial charge in [-0.05, 0) is 19.4 Å². The lowest BCUT2D eigenvalue weighted by molar-refractivity contribution is -0.147. The van der Waals surface area contributed by atoms with Crippen molar-refractivity contribution in [2.45, 2.75) is 32.0 Å². The Bertz CT molecular complexity index is 694. The molecule has 0 aliphatic carbocycles. The fourth-order valence-electron chi connectivity index (χ4n) is 2.21. The number of carboxylic acid groups (broad SMARTS) is 1. The predicted molar refractivity (Wildman–Crippen MR) is 73.4 cm³/mol. The smallest absolute Gasteiger partial charge is 0.419 e. The van der Waals surface area contributed by atoms with Crippen molar-refractivity contribution in [2.24, 2.45) is 0 Å². The van der Waals surface area contributed by atoms with Gasteiger partial charge < -0.3 is 5.11 Å². The van der Waals surface area contributed by atoms with Crippen LogP contribution in [0.2, 0.25) is 0 Å². The highest BCUT2D eigenvalue weighted by Crippen LogP contribution is 2.31. The molecule has 2 aromatic rings. The fraction of sp³-hybridized carbons (Fsp3) is 0.333. The summed E-state index contributed by atoms with van der Waals surface area (Å²) in [6.07, 6.45) is -3.16. The van der Waals surface area contributed by atoms with Gasteiger partial charge in [0, 0.05) is 12.6 Å². The number of aromatic nitrogens is 2. The van der Waals surface area contributed by atoms with Crippen LogP contribution in [-0.2, 0) is 22.9 Å². The van der Waals surface area contributed by atoms with E-state index in [0.717, 1.165) is 16.4 Å². The third-order valence-electron chi connectivity index (χ3n) is 3.51. The molecule has 0 bridgehead atoms. The van der Waals surface area contributed by atoms with Crippen LogP contribution in [0.25, 0.3) is 0 Å². The van der Waals surface area contributed by atoms with Crippen molar-refractivity contribution >= 4 is 5.97 Å². The number of aliphatic carboxylic acids is 1. The van der Waals surface area contributed by atoms with Crippen LogP contribution in [0.5, 0.6) is 0 Å². The number of nitrogens with zero attached hydrogens (tertiary/aromatic N) is 2. The Kier molecular flexibility index (Phi) is 4.00. The zero-order chi connectivity index (χ0) is 16.5. The maximum Gasteiger partial charge on any atom is 0.419 e. The second kappa shape index (κ2) is 5.47. The van der Waals surface area contributed by atoms with E-state index in [0.29, 0.717) is 11.8 Å². The molecule has 1 atom stereocenters. The van der Waals surface area contributed by atoms with Gasteiger partial charge in [-0.2, -0.15) is 18.3 Å². The number of benzene rings is 1. The Morgan fingerprint density at radius 1 is 1.36 bits per heavy atom. The molecule has 0 spiro atoms. The van der Waals surface area contributed by atoms with Gasteiger partial charge >= 0.3 is 12.1 Å². The highest BCUT2D eigenvalue weighted by molar-refractivity contribution is 5.76. The lowest BCUT2D eigenvalue weighted by Crippen LogP contribution is -2.41. The van der Waals surface area contributed by atoms with E-state index in [1.165, 1.54) is 6.92 Å². The molecule has 22 heavy (non-hydrogen) atoms. The van der Waals surface area contributed by atoms with Crippen molar-refractivity contribution in [1.82, 2.24) is 9.78 Å². The van der Waals surface area contributed by atoms with Crippen molar-refractivity contribution in [3.8, 4) is 0 Å². The first-order chi connectivity index (χ1) is 10.1. The topological polar surface area (TPSA) is 55.1 Å². The van der Waals surface area contributed by atoms with Gasteiger partial charge in [-0.1, -0.05) is 29.8 Å². The van der Waals surface area contributed by atoms with Gasteiger partial charge in [-0.3, -0.25) is 4.68 Å². The zero-order valence-electron chi connectivity index (χ0n) is 12.1. The first-order valence-corrected chi connectivity index (χ1v) is 6.54. The summed E-state index contributed by atoms with van der Waals surface area (Å²) in [4.78, 5) is 11.6. The first-order valence-electron chi connectivity index (χ1n) is 6.54. The quantitative estimate of drug-likeness (QED) is 0.943. The molecule has 1 heterocycles. The number of alkyl halides is 3. The van der Waals surface area contributed by atoms with E-state index in [4.69, 9.17) is 0 Å². The standard InChI is InChI=1S/C15H15F3N2O2/c1-10-4-3-5-11(6-10)7-14(2,13(21)22)20-9-12(8-19-20)15(16,17)18/h3-6,8-9H,7H2,1-2H3,(H,21,22). The van der Waals surface area contributed by atoms with Crippen molar-refractivity contribution in [2.75, 3.05) is 0 Å². The summed E-state index contributed by atoms with van der Waals surface area (Å²) in [5.41, 5.74) is -0.906. The molecule has 0 saturated carbocycles. The molecule has 1 aromatic carbocycles. The average Bonchev–Trinajstić information content (AvgIpc) is 2.88. The van der Waals surface area contributed by atoms with Crippen molar-refractivity contribution in [3.05, 3.63) is 53.3 Å². The molecule has 0 radical (unpaired) electrons. The molecule has 0 aliphatic rings. The molecular formula is C15H15F3N2O2. The molecule has 1 N–H and O–H groups in total. The van der Waals surface area contributed by atoms with Gasteiger partial charge in [0.15, 0.2) is 5.54 Å². The van der Waals surface area contributed by atoms with Crippen LogP contribution < -0.4 is 0 Å². The summed E-state index contributed by atoms with van der Waals surface area (Å²) in [7, 11) is 0. The summed E-state index contributed by atoms with van der Waals surface area (Å²) in [5.74, 6) is -1.24. The summed E-state index contributed by atoms with van der Waals surface area (Å²) in [6.45, 7) is 3.21. The summed E-state index contributed by atoms with van der Waals surface area (Å²) in [6, 6.07) is 7.17. The number of carbonyl (C=O) groups is 1. The Morgan fingerprint density at radius 3 is 2.55 bits per heavy atom. The summed E-state index contributed by atoms with van der Waals surface area (Å²) in [5, 5.41) is 13.1. The monoisotopic (exact) mass is 312 g/mol. The van der Waals surface area contributed by atoms with Gasteiger partial charge in [-0.25, -0.2) is 4.79 Å². The van der Waals surface area contributed by atoms with Gasteiger partial charge in [0.2, 0.25) is 0 Å². The van der Waals surface area contributed by atoms with Crippen LogP contribution in [0.1, 0.15) is 23.6 Å². The van der Waals surface area contributed by atoms with Crippen molar-refractivity contribution in [3.63, 3.8) is 0 Å². The Labute approximate surface area is 125 Å². The molecule has 2 rings (SSSR count). The lowest BCUT2D eigenvalue weighted by Gasteiger charge is -2.25. The van der Waals surface area contributed by atoms with E-state index < -0.39 is 23.2 Å². The Morgan fingerprint density at radius 2 is 2.05 bits per heavy atom. The van der Waals surface area contributed by atoms with E-state index in [1.807, 2.05) is 13.0 Å². The SMILES string of the molecule is Cc1cccc(CC(C)(C(=O)O)n2cc(C(F)(F)F)cn2)c1. The molecule has 4 nitrogen and oxygen atoms in total. The van der Waals surface area contributed by atoms with Gasteiger partial charge in [-0.15, -0.1) is 0 Å². The molecular weight excluding hydrogens is 297 g/mol. The number of rotatable bonds is 4. The highest BCUT2D eigenvalue weighted by atomic mass is 19.4. The predicted octanol–water partition coefficient (Wildman–Crippen LogP) is 3.25. The maximum absolute atomic E-state index is 12.7. The zero-order valence-corrected chi connectivity index (χ0v) is 12.1. The van der Waals surface area contributed by atoms with Gasteiger partial charge in [0.25, 0.3) is 0 Å². The number of aryl methyl sites for hydroxylation is 1. The number of hydrogen-bond donors (Lipinski definition) is 1. The molecule has 1 aromatic heterocycles. The normalized spacial score (nSPS) is 14.6. The van der Waals surface area contributed by atoms with E-state index in [1.54, 1.807) is 18.2 Å². The Hall–Kier alpha value is -2.31.